The van der Waals surface area contributed by atoms with E-state index in [4.69, 9.17) is 5.11 Å². The Morgan fingerprint density at radius 1 is 1.56 bits per heavy atom. The standard InChI is InChI=1S/C12H24N2O2/c1-9(2)11(8-15)14-12(16)4-3-10-5-6-13-7-10/h9-11,13,15H,3-8H2,1-2H3,(H,14,16)/t10?,11-/m1/s1. The molecule has 4 heteroatoms. The van der Waals surface area contributed by atoms with Crippen LogP contribution in [0, 0.1) is 11.8 Å². The van der Waals surface area contributed by atoms with Crippen LogP contribution in [0.15, 0.2) is 0 Å². The molecule has 1 aliphatic rings. The van der Waals surface area contributed by atoms with Crippen LogP contribution in [0.4, 0.5) is 0 Å². The average Bonchev–Trinajstić information content (AvgIpc) is 2.75. The summed E-state index contributed by atoms with van der Waals surface area (Å²) in [6.45, 7) is 6.15. The highest BCUT2D eigenvalue weighted by Crippen LogP contribution is 2.14. The summed E-state index contributed by atoms with van der Waals surface area (Å²) >= 11 is 0. The summed E-state index contributed by atoms with van der Waals surface area (Å²) in [6, 6.07) is -0.103. The number of amides is 1. The van der Waals surface area contributed by atoms with Gasteiger partial charge in [0.05, 0.1) is 12.6 Å². The number of rotatable bonds is 6. The van der Waals surface area contributed by atoms with E-state index < -0.39 is 0 Å². The van der Waals surface area contributed by atoms with Gasteiger partial charge in [-0.15, -0.1) is 0 Å². The molecule has 0 aromatic rings. The summed E-state index contributed by atoms with van der Waals surface area (Å²) < 4.78 is 0. The monoisotopic (exact) mass is 228 g/mol. The number of aliphatic hydroxyl groups excluding tert-OH is 1. The van der Waals surface area contributed by atoms with Gasteiger partial charge in [0.15, 0.2) is 0 Å². The van der Waals surface area contributed by atoms with Gasteiger partial charge in [-0.2, -0.15) is 0 Å². The van der Waals surface area contributed by atoms with Crippen LogP contribution in [0.3, 0.4) is 0 Å². The molecule has 0 spiro atoms. The highest BCUT2D eigenvalue weighted by atomic mass is 16.3. The van der Waals surface area contributed by atoms with Crippen molar-refractivity contribution in [3.8, 4) is 0 Å². The smallest absolute Gasteiger partial charge is 0.220 e. The maximum absolute atomic E-state index is 11.6. The zero-order valence-electron chi connectivity index (χ0n) is 10.3. The van der Waals surface area contributed by atoms with Crippen molar-refractivity contribution in [3.05, 3.63) is 0 Å². The lowest BCUT2D eigenvalue weighted by Crippen LogP contribution is -2.41. The molecule has 1 amide bonds. The van der Waals surface area contributed by atoms with Crippen LogP contribution in [0.2, 0.25) is 0 Å². The highest BCUT2D eigenvalue weighted by Gasteiger charge is 2.18. The molecule has 3 N–H and O–H groups in total. The highest BCUT2D eigenvalue weighted by molar-refractivity contribution is 5.76. The van der Waals surface area contributed by atoms with Gasteiger partial charge in [-0.1, -0.05) is 13.8 Å². The molecule has 1 saturated heterocycles. The molecule has 16 heavy (non-hydrogen) atoms. The molecule has 1 aliphatic heterocycles. The van der Waals surface area contributed by atoms with Crippen LogP contribution in [0.5, 0.6) is 0 Å². The number of aliphatic hydroxyl groups is 1. The molecule has 94 valence electrons. The molecule has 0 aromatic heterocycles. The van der Waals surface area contributed by atoms with Crippen LogP contribution in [0.25, 0.3) is 0 Å². The minimum absolute atomic E-state index is 0.0222. The van der Waals surface area contributed by atoms with Crippen LogP contribution in [-0.4, -0.2) is 36.8 Å². The van der Waals surface area contributed by atoms with Crippen molar-refractivity contribution in [2.24, 2.45) is 11.8 Å². The Morgan fingerprint density at radius 3 is 2.81 bits per heavy atom. The SMILES string of the molecule is CC(C)[C@@H](CO)NC(=O)CCC1CCNC1. The molecule has 2 atom stereocenters. The van der Waals surface area contributed by atoms with Crippen molar-refractivity contribution in [1.29, 1.82) is 0 Å². The third kappa shape index (κ3) is 4.49. The van der Waals surface area contributed by atoms with Crippen molar-refractivity contribution in [2.45, 2.75) is 39.2 Å². The summed E-state index contributed by atoms with van der Waals surface area (Å²) in [5, 5.41) is 15.3. The minimum atomic E-state index is -0.103. The van der Waals surface area contributed by atoms with Crippen LogP contribution >= 0.6 is 0 Å². The quantitative estimate of drug-likeness (QED) is 0.621. The van der Waals surface area contributed by atoms with E-state index in [1.807, 2.05) is 13.8 Å². The lowest BCUT2D eigenvalue weighted by molar-refractivity contribution is -0.122. The lowest BCUT2D eigenvalue weighted by atomic mass is 10.0. The molecular weight excluding hydrogens is 204 g/mol. The number of hydrogen-bond donors (Lipinski definition) is 3. The topological polar surface area (TPSA) is 61.4 Å². The molecule has 1 rings (SSSR count). The molecule has 0 bridgehead atoms. The number of nitrogens with one attached hydrogen (secondary N) is 2. The Balaban J connectivity index is 2.18. The second kappa shape index (κ2) is 6.86. The Bertz CT molecular complexity index is 213. The van der Waals surface area contributed by atoms with Crippen molar-refractivity contribution in [1.82, 2.24) is 10.6 Å². The Hall–Kier alpha value is -0.610. The summed E-state index contributed by atoms with van der Waals surface area (Å²) in [6.07, 6.45) is 2.71. The maximum atomic E-state index is 11.6. The van der Waals surface area contributed by atoms with Crippen LogP contribution < -0.4 is 10.6 Å². The normalized spacial score (nSPS) is 22.4. The Kier molecular flexibility index (Phi) is 5.77. The maximum Gasteiger partial charge on any atom is 0.220 e. The second-order valence-corrected chi connectivity index (χ2v) is 5.00. The van der Waals surface area contributed by atoms with E-state index in [0.717, 1.165) is 19.5 Å². The largest absolute Gasteiger partial charge is 0.394 e. The summed E-state index contributed by atoms with van der Waals surface area (Å²) in [5.74, 6) is 0.999. The summed E-state index contributed by atoms with van der Waals surface area (Å²) in [5.41, 5.74) is 0. The average molecular weight is 228 g/mol. The van der Waals surface area contributed by atoms with E-state index in [0.29, 0.717) is 12.3 Å². The summed E-state index contributed by atoms with van der Waals surface area (Å²) in [7, 11) is 0. The molecule has 1 heterocycles. The minimum Gasteiger partial charge on any atom is -0.394 e. The van der Waals surface area contributed by atoms with Gasteiger partial charge < -0.3 is 15.7 Å². The first-order valence-electron chi connectivity index (χ1n) is 6.24. The second-order valence-electron chi connectivity index (χ2n) is 5.00. The van der Waals surface area contributed by atoms with Gasteiger partial charge in [0, 0.05) is 6.42 Å². The fraction of sp³-hybridized carbons (Fsp3) is 0.917. The number of carbonyl (C=O) groups is 1. The Morgan fingerprint density at radius 2 is 2.31 bits per heavy atom. The number of carbonyl (C=O) groups excluding carboxylic acids is 1. The van der Waals surface area contributed by atoms with E-state index in [1.54, 1.807) is 0 Å². The van der Waals surface area contributed by atoms with Crippen LogP contribution in [-0.2, 0) is 4.79 Å². The molecule has 4 nitrogen and oxygen atoms in total. The van der Waals surface area contributed by atoms with E-state index in [-0.39, 0.29) is 24.5 Å². The molecule has 0 aromatic carbocycles. The van der Waals surface area contributed by atoms with E-state index in [9.17, 15) is 4.79 Å². The van der Waals surface area contributed by atoms with E-state index in [2.05, 4.69) is 10.6 Å². The van der Waals surface area contributed by atoms with Gasteiger partial charge in [-0.25, -0.2) is 0 Å². The fourth-order valence-electron chi connectivity index (χ4n) is 2.00. The van der Waals surface area contributed by atoms with Gasteiger partial charge in [-0.3, -0.25) is 4.79 Å². The van der Waals surface area contributed by atoms with Gasteiger partial charge in [-0.05, 0) is 37.8 Å². The Labute approximate surface area is 97.8 Å². The molecular formula is C12H24N2O2. The van der Waals surface area contributed by atoms with E-state index in [1.165, 1.54) is 6.42 Å². The predicted octanol–water partition coefficient (Wildman–Crippen LogP) is 0.509. The van der Waals surface area contributed by atoms with Crippen molar-refractivity contribution in [3.63, 3.8) is 0 Å². The van der Waals surface area contributed by atoms with Gasteiger partial charge in [0.2, 0.25) is 5.91 Å². The molecule has 0 radical (unpaired) electrons. The van der Waals surface area contributed by atoms with Gasteiger partial charge >= 0.3 is 0 Å². The van der Waals surface area contributed by atoms with E-state index >= 15 is 0 Å². The summed E-state index contributed by atoms with van der Waals surface area (Å²) in [4.78, 5) is 11.6. The molecule has 0 saturated carbocycles. The first kappa shape index (κ1) is 13.5. The van der Waals surface area contributed by atoms with Crippen molar-refractivity contribution < 1.29 is 9.90 Å². The molecule has 1 unspecified atom stereocenters. The van der Waals surface area contributed by atoms with Crippen molar-refractivity contribution in [2.75, 3.05) is 19.7 Å². The zero-order chi connectivity index (χ0) is 12.0. The first-order valence-corrected chi connectivity index (χ1v) is 6.24. The lowest BCUT2D eigenvalue weighted by Gasteiger charge is -2.20. The van der Waals surface area contributed by atoms with Crippen molar-refractivity contribution >= 4 is 5.91 Å². The van der Waals surface area contributed by atoms with Gasteiger partial charge in [0.1, 0.15) is 0 Å². The van der Waals surface area contributed by atoms with Gasteiger partial charge in [0.25, 0.3) is 0 Å². The fourth-order valence-corrected chi connectivity index (χ4v) is 2.00. The molecule has 1 fully saturated rings. The number of hydrogen-bond acceptors (Lipinski definition) is 3. The first-order chi connectivity index (χ1) is 7.63. The molecule has 0 aliphatic carbocycles. The van der Waals surface area contributed by atoms with Crippen LogP contribution in [0.1, 0.15) is 33.1 Å². The third-order valence-corrected chi connectivity index (χ3v) is 3.29. The third-order valence-electron chi connectivity index (χ3n) is 3.29. The predicted molar refractivity (Wildman–Crippen MR) is 64.1 cm³/mol. The zero-order valence-corrected chi connectivity index (χ0v) is 10.3.